The van der Waals surface area contributed by atoms with Gasteiger partial charge in [0.2, 0.25) is 5.95 Å². The number of imidazole rings is 1. The van der Waals surface area contributed by atoms with Crippen LogP contribution in [0.3, 0.4) is 0 Å². The van der Waals surface area contributed by atoms with E-state index in [0.717, 1.165) is 36.0 Å². The maximum absolute atomic E-state index is 14.4. The molecule has 8 nitrogen and oxygen atoms in total. The Kier molecular flexibility index (Phi) is 6.78. The van der Waals surface area contributed by atoms with Crippen LogP contribution < -0.4 is 10.1 Å². The van der Waals surface area contributed by atoms with E-state index in [4.69, 9.17) is 19.2 Å². The number of hydrogen-bond acceptors (Lipinski definition) is 7. The normalized spacial score (nSPS) is 19.2. The molecule has 0 amide bonds. The topological polar surface area (TPSA) is 87.5 Å². The summed E-state index contributed by atoms with van der Waals surface area (Å²) in [5.41, 5.74) is 3.75. The van der Waals surface area contributed by atoms with Crippen molar-refractivity contribution in [2.24, 2.45) is 7.05 Å². The molecule has 6 rings (SSSR count). The van der Waals surface area contributed by atoms with Gasteiger partial charge in [-0.05, 0) is 61.2 Å². The average molecular weight is 517 g/mol. The van der Waals surface area contributed by atoms with Gasteiger partial charge >= 0.3 is 0 Å². The lowest BCUT2D eigenvalue weighted by Crippen LogP contribution is -2.21. The van der Waals surface area contributed by atoms with Gasteiger partial charge in [-0.25, -0.2) is 9.37 Å². The summed E-state index contributed by atoms with van der Waals surface area (Å²) < 4.78 is 33.4. The van der Waals surface area contributed by atoms with Gasteiger partial charge in [-0.2, -0.15) is 0 Å². The van der Waals surface area contributed by atoms with E-state index in [1.807, 2.05) is 35.9 Å². The van der Waals surface area contributed by atoms with Crippen LogP contribution in [0.5, 0.6) is 11.5 Å². The summed E-state index contributed by atoms with van der Waals surface area (Å²) in [4.78, 5) is 21.5. The molecule has 2 aliphatic rings. The summed E-state index contributed by atoms with van der Waals surface area (Å²) in [7, 11) is 1.92. The molecule has 2 aromatic heterocycles. The molecule has 4 aromatic rings. The van der Waals surface area contributed by atoms with Crippen molar-refractivity contribution in [3.63, 3.8) is 0 Å². The Balaban J connectivity index is 1.18. The van der Waals surface area contributed by atoms with E-state index in [1.165, 1.54) is 6.07 Å². The van der Waals surface area contributed by atoms with Crippen molar-refractivity contribution in [2.75, 3.05) is 25.1 Å². The van der Waals surface area contributed by atoms with E-state index in [0.29, 0.717) is 48.5 Å². The monoisotopic (exact) mass is 516 g/mol. The molecular formula is C29H29FN4O4. The maximum Gasteiger partial charge on any atom is 0.208 e. The molecule has 0 saturated carbocycles. The Hall–Kier alpha value is -3.82. The van der Waals surface area contributed by atoms with Gasteiger partial charge in [0.25, 0.3) is 0 Å². The van der Waals surface area contributed by atoms with Crippen LogP contribution in [0.25, 0.3) is 11.0 Å². The maximum atomic E-state index is 14.4. The molecule has 2 fully saturated rings. The number of pyridine rings is 1. The van der Waals surface area contributed by atoms with Gasteiger partial charge in [0.1, 0.15) is 23.4 Å². The quantitative estimate of drug-likeness (QED) is 0.334. The molecule has 0 spiro atoms. The predicted octanol–water partition coefficient (Wildman–Crippen LogP) is 5.44. The first-order chi connectivity index (χ1) is 18.5. The number of aromatic nitrogens is 3. The van der Waals surface area contributed by atoms with Crippen molar-refractivity contribution in [3.8, 4) is 11.5 Å². The van der Waals surface area contributed by atoms with Crippen LogP contribution >= 0.6 is 0 Å². The van der Waals surface area contributed by atoms with E-state index in [2.05, 4.69) is 10.3 Å². The van der Waals surface area contributed by atoms with Gasteiger partial charge in [0.15, 0.2) is 5.78 Å². The Labute approximate surface area is 219 Å². The molecule has 2 aromatic carbocycles. The SMILES string of the molecule is Cn1c(Nc2ccc(F)c(C3CCOC3)c2)nc2cc(Oc3ccnc(CC(=O)C4CCCO4)c3)ccc21. The first-order valence-corrected chi connectivity index (χ1v) is 12.9. The molecule has 1 N–H and O–H groups in total. The summed E-state index contributed by atoms with van der Waals surface area (Å²) in [5, 5.41) is 3.32. The lowest BCUT2D eigenvalue weighted by molar-refractivity contribution is -0.127. The van der Waals surface area contributed by atoms with Crippen molar-refractivity contribution in [1.29, 1.82) is 0 Å². The van der Waals surface area contributed by atoms with Crippen LogP contribution in [0.1, 0.15) is 36.4 Å². The largest absolute Gasteiger partial charge is 0.457 e. The third kappa shape index (κ3) is 5.12. The first kappa shape index (κ1) is 24.5. The van der Waals surface area contributed by atoms with Crippen molar-refractivity contribution < 1.29 is 23.4 Å². The highest BCUT2D eigenvalue weighted by molar-refractivity contribution is 5.85. The summed E-state index contributed by atoms with van der Waals surface area (Å²) in [6.07, 6.45) is 4.04. The second kappa shape index (κ2) is 10.5. The van der Waals surface area contributed by atoms with Gasteiger partial charge in [0, 0.05) is 50.2 Å². The molecule has 2 aliphatic heterocycles. The van der Waals surface area contributed by atoms with Crippen molar-refractivity contribution in [2.45, 2.75) is 37.7 Å². The van der Waals surface area contributed by atoms with Crippen LogP contribution in [0.2, 0.25) is 0 Å². The third-order valence-corrected chi connectivity index (χ3v) is 7.14. The van der Waals surface area contributed by atoms with Crippen LogP contribution in [-0.2, 0) is 27.7 Å². The Morgan fingerprint density at radius 2 is 2.03 bits per heavy atom. The lowest BCUT2D eigenvalue weighted by atomic mass is 9.97. The van der Waals surface area contributed by atoms with Gasteiger partial charge in [-0.15, -0.1) is 0 Å². The fourth-order valence-electron chi connectivity index (χ4n) is 5.07. The number of nitrogens with one attached hydrogen (secondary N) is 1. The second-order valence-electron chi connectivity index (χ2n) is 9.80. The van der Waals surface area contributed by atoms with E-state index < -0.39 is 0 Å². The molecule has 196 valence electrons. The average Bonchev–Trinajstić information content (AvgIpc) is 3.68. The molecule has 4 heterocycles. The minimum absolute atomic E-state index is 0.0481. The number of ketones is 1. The zero-order valence-corrected chi connectivity index (χ0v) is 21.2. The van der Waals surface area contributed by atoms with Crippen LogP contribution in [0, 0.1) is 5.82 Å². The van der Waals surface area contributed by atoms with E-state index in [9.17, 15) is 9.18 Å². The highest BCUT2D eigenvalue weighted by Gasteiger charge is 2.24. The van der Waals surface area contributed by atoms with Gasteiger partial charge in [-0.3, -0.25) is 9.78 Å². The lowest BCUT2D eigenvalue weighted by Gasteiger charge is -2.13. The standard InChI is InChI=1S/C29H29FN4O4/c1-34-26-7-5-21(38-22-8-10-31-20(13-22)15-27(35)28-3-2-11-37-28)16-25(26)33-29(34)32-19-4-6-24(30)23(14-19)18-9-12-36-17-18/h4-8,10,13-14,16,18,28H,2-3,9,11-12,15,17H2,1H3,(H,32,33). The van der Waals surface area contributed by atoms with E-state index in [-0.39, 0.29) is 30.0 Å². The molecule has 2 unspecified atom stereocenters. The highest BCUT2D eigenvalue weighted by Crippen LogP contribution is 2.32. The summed E-state index contributed by atoms with van der Waals surface area (Å²) in [6.45, 7) is 1.84. The Morgan fingerprint density at radius 1 is 1.13 bits per heavy atom. The number of nitrogens with zero attached hydrogens (tertiary/aromatic N) is 3. The summed E-state index contributed by atoms with van der Waals surface area (Å²) in [5.74, 6) is 1.75. The minimum atomic E-state index is -0.325. The summed E-state index contributed by atoms with van der Waals surface area (Å²) in [6, 6.07) is 14.3. The number of carbonyl (C=O) groups excluding carboxylic acids is 1. The number of rotatable bonds is 8. The van der Waals surface area contributed by atoms with E-state index in [1.54, 1.807) is 24.4 Å². The number of hydrogen-bond donors (Lipinski definition) is 1. The number of Topliss-reactive ketones (excluding diaryl/α,β-unsaturated/α-hetero) is 1. The number of anilines is 2. The van der Waals surface area contributed by atoms with E-state index >= 15 is 0 Å². The van der Waals surface area contributed by atoms with Crippen molar-refractivity contribution >= 4 is 28.5 Å². The zero-order chi connectivity index (χ0) is 26.1. The minimum Gasteiger partial charge on any atom is -0.457 e. The zero-order valence-electron chi connectivity index (χ0n) is 21.2. The van der Waals surface area contributed by atoms with Crippen molar-refractivity contribution in [1.82, 2.24) is 14.5 Å². The molecular weight excluding hydrogens is 487 g/mol. The molecule has 0 aliphatic carbocycles. The smallest absolute Gasteiger partial charge is 0.208 e. The molecule has 2 atom stereocenters. The number of halogens is 1. The number of ether oxygens (including phenoxy) is 3. The number of aryl methyl sites for hydroxylation is 1. The number of benzene rings is 2. The Morgan fingerprint density at radius 3 is 2.84 bits per heavy atom. The number of carbonyl (C=O) groups is 1. The summed E-state index contributed by atoms with van der Waals surface area (Å²) >= 11 is 0. The van der Waals surface area contributed by atoms with Crippen LogP contribution in [0.4, 0.5) is 16.0 Å². The van der Waals surface area contributed by atoms with Crippen LogP contribution in [-0.4, -0.2) is 46.2 Å². The molecule has 2 saturated heterocycles. The number of fused-ring (bicyclic) bond motifs is 1. The van der Waals surface area contributed by atoms with Crippen molar-refractivity contribution in [3.05, 3.63) is 71.8 Å². The second-order valence-corrected chi connectivity index (χ2v) is 9.80. The fourth-order valence-corrected chi connectivity index (χ4v) is 5.07. The van der Waals surface area contributed by atoms with Gasteiger partial charge < -0.3 is 24.1 Å². The van der Waals surface area contributed by atoms with Gasteiger partial charge in [-0.1, -0.05) is 0 Å². The van der Waals surface area contributed by atoms with Gasteiger partial charge in [0.05, 0.1) is 29.8 Å². The molecule has 0 bridgehead atoms. The molecule has 9 heteroatoms. The predicted molar refractivity (Wildman–Crippen MR) is 141 cm³/mol. The highest BCUT2D eigenvalue weighted by atomic mass is 19.1. The fraction of sp³-hybridized carbons (Fsp3) is 0.345. The molecule has 0 radical (unpaired) electrons. The van der Waals surface area contributed by atoms with Crippen LogP contribution in [0.15, 0.2) is 54.7 Å². The molecule has 38 heavy (non-hydrogen) atoms. The first-order valence-electron chi connectivity index (χ1n) is 12.9. The third-order valence-electron chi connectivity index (χ3n) is 7.14. The Bertz CT molecular complexity index is 1470.